The second kappa shape index (κ2) is 6.46. The molecule has 0 amide bonds. The first-order chi connectivity index (χ1) is 8.36. The molecule has 0 atom stereocenters. The van der Waals surface area contributed by atoms with Crippen molar-refractivity contribution in [2.45, 2.75) is 18.2 Å². The Morgan fingerprint density at radius 2 is 2.11 bits per heavy atom. The van der Waals surface area contributed by atoms with Crippen LogP contribution in [0.1, 0.15) is 13.3 Å². The third kappa shape index (κ3) is 4.20. The van der Waals surface area contributed by atoms with Gasteiger partial charge in [-0.2, -0.15) is 0 Å². The van der Waals surface area contributed by atoms with Crippen molar-refractivity contribution >= 4 is 31.8 Å². The first kappa shape index (κ1) is 15.4. The lowest BCUT2D eigenvalue weighted by Crippen LogP contribution is -2.36. The van der Waals surface area contributed by atoms with Gasteiger partial charge in [-0.05, 0) is 28.4 Å². The van der Waals surface area contributed by atoms with Crippen molar-refractivity contribution in [1.29, 1.82) is 0 Å². The van der Waals surface area contributed by atoms with Gasteiger partial charge < -0.3 is 5.32 Å². The fourth-order valence-electron chi connectivity index (χ4n) is 1.29. The van der Waals surface area contributed by atoms with Crippen molar-refractivity contribution in [3.8, 4) is 0 Å². The summed E-state index contributed by atoms with van der Waals surface area (Å²) >= 11 is 3.23. The Labute approximate surface area is 116 Å². The minimum atomic E-state index is -3.62. The van der Waals surface area contributed by atoms with Gasteiger partial charge >= 0.3 is 0 Å². The van der Waals surface area contributed by atoms with Gasteiger partial charge in [0.25, 0.3) is 10.0 Å². The predicted octanol–water partition coefficient (Wildman–Crippen LogP) is 1.42. The zero-order chi connectivity index (χ0) is 13.8. The van der Waals surface area contributed by atoms with Gasteiger partial charge in [0.2, 0.25) is 0 Å². The number of hydrazine groups is 1. The van der Waals surface area contributed by atoms with Gasteiger partial charge in [-0.1, -0.05) is 6.92 Å². The van der Waals surface area contributed by atoms with E-state index in [1.165, 1.54) is 11.1 Å². The van der Waals surface area contributed by atoms with Crippen LogP contribution in [0.4, 0.5) is 5.82 Å². The lowest BCUT2D eigenvalue weighted by molar-refractivity contribution is 0.364. The van der Waals surface area contributed by atoms with Crippen molar-refractivity contribution in [1.82, 2.24) is 14.8 Å². The van der Waals surface area contributed by atoms with E-state index in [1.807, 2.05) is 6.92 Å². The summed E-state index contributed by atoms with van der Waals surface area (Å²) in [5, 5.41) is 4.37. The lowest BCUT2D eigenvalue weighted by Gasteiger charge is -2.15. The first-order valence-electron chi connectivity index (χ1n) is 5.46. The Balaban J connectivity index is 3.16. The van der Waals surface area contributed by atoms with Crippen LogP contribution in [0.3, 0.4) is 0 Å². The Morgan fingerprint density at radius 1 is 1.44 bits per heavy atom. The fraction of sp³-hybridized carbons (Fsp3) is 0.500. The molecule has 1 aromatic heterocycles. The number of rotatable bonds is 6. The van der Waals surface area contributed by atoms with Gasteiger partial charge in [0.1, 0.15) is 10.7 Å². The topological polar surface area (TPSA) is 74.3 Å². The highest BCUT2D eigenvalue weighted by molar-refractivity contribution is 9.10. The van der Waals surface area contributed by atoms with E-state index in [9.17, 15) is 8.42 Å². The van der Waals surface area contributed by atoms with Crippen LogP contribution >= 0.6 is 15.9 Å². The van der Waals surface area contributed by atoms with E-state index >= 15 is 0 Å². The lowest BCUT2D eigenvalue weighted by atomic mass is 10.4. The van der Waals surface area contributed by atoms with Crippen LogP contribution in [0.5, 0.6) is 0 Å². The summed E-state index contributed by atoms with van der Waals surface area (Å²) in [6.07, 6.45) is 2.45. The molecule has 0 bridgehead atoms. The SMILES string of the molecule is CCCNc1ncc(Br)cc1S(=O)(=O)NN(C)C. The molecule has 0 aromatic carbocycles. The zero-order valence-corrected chi connectivity index (χ0v) is 13.0. The van der Waals surface area contributed by atoms with Crippen LogP contribution in [0, 0.1) is 0 Å². The van der Waals surface area contributed by atoms with E-state index in [-0.39, 0.29) is 4.90 Å². The molecule has 0 unspecified atom stereocenters. The Bertz CT molecular complexity index is 505. The number of sulfonamides is 1. The quantitative estimate of drug-likeness (QED) is 0.768. The minimum absolute atomic E-state index is 0.124. The molecule has 0 saturated carbocycles. The second-order valence-corrected chi connectivity index (χ2v) is 6.46. The molecular formula is C10H17BrN4O2S. The highest BCUT2D eigenvalue weighted by atomic mass is 79.9. The molecule has 1 aromatic rings. The Kier molecular flexibility index (Phi) is 5.51. The normalized spacial score (nSPS) is 11.8. The van der Waals surface area contributed by atoms with E-state index < -0.39 is 10.0 Å². The maximum Gasteiger partial charge on any atom is 0.257 e. The first-order valence-corrected chi connectivity index (χ1v) is 7.73. The third-order valence-electron chi connectivity index (χ3n) is 1.95. The number of anilines is 1. The van der Waals surface area contributed by atoms with Crippen molar-refractivity contribution in [2.24, 2.45) is 0 Å². The molecule has 0 saturated heterocycles. The standard InChI is InChI=1S/C10H17BrN4O2S/c1-4-5-12-10-9(6-8(11)7-13-10)18(16,17)14-15(2)3/h6-7,14H,4-5H2,1-3H3,(H,12,13). The number of halogens is 1. The van der Waals surface area contributed by atoms with E-state index in [4.69, 9.17) is 0 Å². The van der Waals surface area contributed by atoms with Crippen LogP contribution in [0.15, 0.2) is 21.6 Å². The van der Waals surface area contributed by atoms with Gasteiger partial charge in [0.05, 0.1) is 0 Å². The summed E-state index contributed by atoms with van der Waals surface area (Å²) in [5.41, 5.74) is 0. The maximum atomic E-state index is 12.1. The monoisotopic (exact) mass is 336 g/mol. The van der Waals surface area contributed by atoms with Crippen LogP contribution in [0.25, 0.3) is 0 Å². The van der Waals surface area contributed by atoms with Crippen molar-refractivity contribution < 1.29 is 8.42 Å². The average Bonchev–Trinajstić information content (AvgIpc) is 2.25. The molecular weight excluding hydrogens is 320 g/mol. The van der Waals surface area contributed by atoms with Gasteiger partial charge in [0.15, 0.2) is 0 Å². The summed E-state index contributed by atoms with van der Waals surface area (Å²) in [7, 11) is -0.396. The second-order valence-electron chi connectivity index (χ2n) is 3.92. The van der Waals surface area contributed by atoms with Gasteiger partial charge in [-0.25, -0.2) is 18.4 Å². The average molecular weight is 337 g/mol. The van der Waals surface area contributed by atoms with E-state index in [2.05, 4.69) is 31.1 Å². The smallest absolute Gasteiger partial charge is 0.257 e. The number of nitrogens with one attached hydrogen (secondary N) is 2. The van der Waals surface area contributed by atoms with Crippen molar-refractivity contribution in [3.63, 3.8) is 0 Å². The largest absolute Gasteiger partial charge is 0.369 e. The molecule has 0 aliphatic rings. The predicted molar refractivity (Wildman–Crippen MR) is 74.7 cm³/mol. The number of nitrogens with zero attached hydrogens (tertiary/aromatic N) is 2. The molecule has 6 nitrogen and oxygen atoms in total. The molecule has 18 heavy (non-hydrogen) atoms. The summed E-state index contributed by atoms with van der Waals surface area (Å²) < 4.78 is 24.9. The molecule has 102 valence electrons. The van der Waals surface area contributed by atoms with Gasteiger partial charge in [-0.15, -0.1) is 4.83 Å². The molecule has 8 heteroatoms. The molecule has 1 rings (SSSR count). The highest BCUT2D eigenvalue weighted by Crippen LogP contribution is 2.22. The number of hydrogen-bond donors (Lipinski definition) is 2. The molecule has 0 fully saturated rings. The number of aromatic nitrogens is 1. The van der Waals surface area contributed by atoms with Crippen molar-refractivity contribution in [3.05, 3.63) is 16.7 Å². The van der Waals surface area contributed by atoms with Crippen LogP contribution in [0.2, 0.25) is 0 Å². The number of hydrogen-bond acceptors (Lipinski definition) is 5. The summed E-state index contributed by atoms with van der Waals surface area (Å²) in [6, 6.07) is 1.52. The molecule has 1 heterocycles. The Hall–Kier alpha value is -0.700. The van der Waals surface area contributed by atoms with E-state index in [0.717, 1.165) is 6.42 Å². The maximum absolute atomic E-state index is 12.1. The van der Waals surface area contributed by atoms with Crippen molar-refractivity contribution in [2.75, 3.05) is 26.0 Å². The highest BCUT2D eigenvalue weighted by Gasteiger charge is 2.20. The molecule has 2 N–H and O–H groups in total. The minimum Gasteiger partial charge on any atom is -0.369 e. The third-order valence-corrected chi connectivity index (χ3v) is 3.88. The summed E-state index contributed by atoms with van der Waals surface area (Å²) in [6.45, 7) is 2.66. The summed E-state index contributed by atoms with van der Waals surface area (Å²) in [4.78, 5) is 6.60. The van der Waals surface area contributed by atoms with Gasteiger partial charge in [0, 0.05) is 31.3 Å². The van der Waals surface area contributed by atoms with E-state index in [1.54, 1.807) is 20.3 Å². The summed E-state index contributed by atoms with van der Waals surface area (Å²) in [5.74, 6) is 0.356. The molecule has 0 radical (unpaired) electrons. The van der Waals surface area contributed by atoms with Crippen LogP contribution in [-0.4, -0.2) is 39.1 Å². The van der Waals surface area contributed by atoms with E-state index in [0.29, 0.717) is 16.8 Å². The molecule has 0 aliphatic carbocycles. The fourth-order valence-corrected chi connectivity index (χ4v) is 3.01. The van der Waals surface area contributed by atoms with Crippen LogP contribution < -0.4 is 10.1 Å². The van der Waals surface area contributed by atoms with Gasteiger partial charge in [-0.3, -0.25) is 0 Å². The molecule has 0 aliphatic heterocycles. The number of pyridine rings is 1. The van der Waals surface area contributed by atoms with Crippen LogP contribution in [-0.2, 0) is 10.0 Å². The Morgan fingerprint density at radius 3 is 2.67 bits per heavy atom. The zero-order valence-electron chi connectivity index (χ0n) is 10.6. The molecule has 0 spiro atoms.